The molecule has 0 atom stereocenters. The van der Waals surface area contributed by atoms with E-state index in [9.17, 15) is 26.3 Å². The zero-order chi connectivity index (χ0) is 50.5. The van der Waals surface area contributed by atoms with Crippen LogP contribution in [0.4, 0.5) is 26.3 Å². The second-order valence-electron chi connectivity index (χ2n) is 17.4. The van der Waals surface area contributed by atoms with Gasteiger partial charge in [0.2, 0.25) is 0 Å². The fourth-order valence-electron chi connectivity index (χ4n) is 9.77. The van der Waals surface area contributed by atoms with Crippen LogP contribution in [0.15, 0.2) is 258 Å². The Labute approximate surface area is 432 Å². The number of rotatable bonds is 16. The molecule has 0 N–H and O–H groups in total. The van der Waals surface area contributed by atoms with Crippen LogP contribution in [0.1, 0.15) is 22.3 Å². The average molecular weight is 1140 g/mol. The molecule has 0 saturated carbocycles. The van der Waals surface area contributed by atoms with Gasteiger partial charge in [-0.2, -0.15) is 0 Å². The van der Waals surface area contributed by atoms with E-state index in [-0.39, 0.29) is 18.4 Å². The van der Waals surface area contributed by atoms with Crippen LogP contribution in [0, 0.1) is 0 Å². The van der Waals surface area contributed by atoms with Crippen molar-refractivity contribution in [2.45, 2.75) is 24.7 Å². The Morgan fingerprint density at radius 1 is 0.347 bits per heavy atom. The summed E-state index contributed by atoms with van der Waals surface area (Å²) in [5, 5.41) is 4.13. The first-order chi connectivity index (χ1) is 34.6. The quantitative estimate of drug-likeness (QED) is 0.0548. The predicted molar refractivity (Wildman–Crippen MR) is 291 cm³/mol. The molecule has 9 rings (SSSR count). The molecule has 0 unspecified atom stereocenters. The molecule has 9 aromatic carbocycles. The van der Waals surface area contributed by atoms with Gasteiger partial charge in [0.1, 0.15) is 0 Å². The van der Waals surface area contributed by atoms with Crippen molar-refractivity contribution in [3.05, 3.63) is 280 Å². The van der Waals surface area contributed by atoms with Crippen LogP contribution in [0.5, 0.6) is 5.75 Å². The fourth-order valence-corrected chi connectivity index (χ4v) is 21.7. The number of hydrogen-bond donors (Lipinski definition) is 0. The van der Waals surface area contributed by atoms with Gasteiger partial charge >= 0.3 is 435 Å². The summed E-state index contributed by atoms with van der Waals surface area (Å²) in [7, 11) is -2.09. The van der Waals surface area contributed by atoms with Gasteiger partial charge in [-0.15, -0.1) is 0 Å². The van der Waals surface area contributed by atoms with Gasteiger partial charge in [-0.25, -0.2) is 0 Å². The molecule has 9 aromatic rings. The molecule has 0 amide bonds. The summed E-state index contributed by atoms with van der Waals surface area (Å²) in [6.45, 7) is -9.68. The Balaban J connectivity index is 1.47. The van der Waals surface area contributed by atoms with Gasteiger partial charge < -0.3 is 0 Å². The number of alkyl halides is 6. The standard InChI is InChI=1S/C58H45BBr2F6O3P2/c60-48-35-31-44(32-36-48)42-71(51-19-7-1-8-20-51,52-21-9-2-10-22-52,53-23-11-3-12-24-53)69-59(68-50-40-46(57(62,63)64)39-47(41-50)58(65,66)67)70-72(54-25-13-4-14-26-54,55-27-15-5-16-28-55,56-29-17-6-18-30-56)43-45-33-37-49(61)38-34-45/h1-41H,42-43H2. The number of benzene rings is 9. The second-order valence-corrected chi connectivity index (χ2v) is 28.2. The molecule has 0 aliphatic carbocycles. The van der Waals surface area contributed by atoms with E-state index >= 15 is 0 Å². The maximum absolute atomic E-state index is 14.9. The maximum atomic E-state index is 14.9. The first-order valence-corrected chi connectivity index (χ1v) is 29.1. The third-order valence-corrected chi connectivity index (χ3v) is 25.7. The van der Waals surface area contributed by atoms with Crippen LogP contribution in [0.2, 0.25) is 0 Å². The summed E-state index contributed by atoms with van der Waals surface area (Å²) in [6, 6.07) is 74.1. The predicted octanol–water partition coefficient (Wildman–Crippen LogP) is 14.9. The van der Waals surface area contributed by atoms with Gasteiger partial charge in [-0.05, 0) is 0 Å². The zero-order valence-corrected chi connectivity index (χ0v) is 43.3. The van der Waals surface area contributed by atoms with Crippen LogP contribution in [0.25, 0.3) is 0 Å². The molecule has 0 radical (unpaired) electrons. The van der Waals surface area contributed by atoms with Crippen LogP contribution in [-0.2, 0) is 33.6 Å². The third-order valence-electron chi connectivity index (χ3n) is 13.0. The molecule has 72 heavy (non-hydrogen) atoms. The Morgan fingerprint density at radius 2 is 0.597 bits per heavy atom. The van der Waals surface area contributed by atoms with Gasteiger partial charge in [-0.3, -0.25) is 0 Å². The van der Waals surface area contributed by atoms with Crippen LogP contribution >= 0.6 is 45.5 Å². The van der Waals surface area contributed by atoms with Crippen molar-refractivity contribution in [1.29, 1.82) is 0 Å². The third kappa shape index (κ3) is 9.74. The average Bonchev–Trinajstić information content (AvgIpc) is 3.40. The zero-order valence-electron chi connectivity index (χ0n) is 38.3. The van der Waals surface area contributed by atoms with Crippen molar-refractivity contribution in [1.82, 2.24) is 0 Å². The summed E-state index contributed by atoms with van der Waals surface area (Å²) >= 11 is 7.22. The van der Waals surface area contributed by atoms with E-state index in [0.29, 0.717) is 44.0 Å². The van der Waals surface area contributed by atoms with Crippen molar-refractivity contribution in [3.63, 3.8) is 0 Å². The van der Waals surface area contributed by atoms with Crippen LogP contribution in [0.3, 0.4) is 0 Å². The van der Waals surface area contributed by atoms with Gasteiger partial charge in [0.15, 0.2) is 0 Å². The van der Waals surface area contributed by atoms with E-state index in [4.69, 9.17) is 13.5 Å². The van der Waals surface area contributed by atoms with E-state index < -0.39 is 50.2 Å². The molecule has 0 aromatic heterocycles. The molecule has 0 saturated heterocycles. The van der Waals surface area contributed by atoms with E-state index in [2.05, 4.69) is 31.9 Å². The first kappa shape index (κ1) is 51.1. The summed E-state index contributed by atoms with van der Waals surface area (Å²) in [5.41, 5.74) is -1.50. The van der Waals surface area contributed by atoms with Crippen LogP contribution < -0.4 is 36.5 Å². The molecule has 0 spiro atoms. The van der Waals surface area contributed by atoms with E-state index in [1.165, 1.54) is 0 Å². The van der Waals surface area contributed by atoms with Crippen molar-refractivity contribution >= 4 is 84.7 Å². The van der Waals surface area contributed by atoms with Crippen LogP contribution in [-0.4, -0.2) is 7.32 Å². The van der Waals surface area contributed by atoms with E-state index in [1.54, 1.807) is 0 Å². The minimum absolute atomic E-state index is 0.0838. The molecule has 0 heterocycles. The van der Waals surface area contributed by atoms with Crippen molar-refractivity contribution < 1.29 is 39.9 Å². The van der Waals surface area contributed by atoms with E-state index in [1.807, 2.05) is 231 Å². The molecule has 0 aliphatic rings. The van der Waals surface area contributed by atoms with Crippen molar-refractivity contribution in [2.75, 3.05) is 0 Å². The molecular formula is C58H45BBr2F6O3P2. The Kier molecular flexibility index (Phi) is 14.6. The Morgan fingerprint density at radius 3 is 0.833 bits per heavy atom. The molecule has 364 valence electrons. The number of hydrogen-bond acceptors (Lipinski definition) is 3. The topological polar surface area (TPSA) is 27.7 Å². The summed E-state index contributed by atoms with van der Waals surface area (Å²) in [5.74, 6) is -0.772. The Hall–Kier alpha value is -5.84. The molecule has 0 bridgehead atoms. The van der Waals surface area contributed by atoms with Gasteiger partial charge in [0.05, 0.1) is 0 Å². The van der Waals surface area contributed by atoms with Gasteiger partial charge in [-0.1, -0.05) is 0 Å². The summed E-state index contributed by atoms with van der Waals surface area (Å²) < 4.78 is 115. The van der Waals surface area contributed by atoms with Crippen molar-refractivity contribution in [2.24, 2.45) is 0 Å². The second kappa shape index (κ2) is 20.6. The number of halogens is 8. The molecule has 14 heteroatoms. The SMILES string of the molecule is FC(F)(F)c1cc(OB(OP(Cc2ccc(Br)cc2)(c2ccccc2)(c2ccccc2)c2ccccc2)OP(Cc2ccc(Br)cc2)(c2ccccc2)(c2ccccc2)c2ccccc2)cc(C(F)(F)F)c1. The first-order valence-electron chi connectivity index (χ1n) is 22.8. The van der Waals surface area contributed by atoms with Gasteiger partial charge in [0.25, 0.3) is 0 Å². The molecule has 3 nitrogen and oxygen atoms in total. The summed E-state index contributed by atoms with van der Waals surface area (Å²) in [4.78, 5) is 0. The molecule has 0 fully saturated rings. The molecule has 0 aliphatic heterocycles. The Bertz CT molecular complexity index is 2820. The minimum atomic E-state index is -5.20. The van der Waals surface area contributed by atoms with Crippen molar-refractivity contribution in [3.8, 4) is 5.75 Å². The fraction of sp³-hybridized carbons (Fsp3) is 0.0690. The normalized spacial score (nSPS) is 13.3. The molecular weight excluding hydrogens is 1090 g/mol. The van der Waals surface area contributed by atoms with E-state index in [0.717, 1.165) is 20.1 Å². The van der Waals surface area contributed by atoms with Gasteiger partial charge in [0, 0.05) is 0 Å². The summed E-state index contributed by atoms with van der Waals surface area (Å²) in [6.07, 6.45) is -10.1. The monoisotopic (exact) mass is 1130 g/mol.